The van der Waals surface area contributed by atoms with Gasteiger partial charge in [0.2, 0.25) is 10.0 Å². The van der Waals surface area contributed by atoms with E-state index in [0.29, 0.717) is 35.3 Å². The maximum Gasteiger partial charge on any atom is 0.208 e. The number of fused-ring (bicyclic) bond motifs is 6. The maximum absolute atomic E-state index is 11.9. The van der Waals surface area contributed by atoms with Gasteiger partial charge in [0.15, 0.2) is 0 Å². The van der Waals surface area contributed by atoms with Crippen LogP contribution in [-0.4, -0.2) is 45.0 Å². The van der Waals surface area contributed by atoms with Crippen LogP contribution in [0.15, 0.2) is 11.1 Å². The molecular weight excluding hydrogens is 492 g/mol. The fourth-order valence-corrected chi connectivity index (χ4v) is 11.1. The van der Waals surface area contributed by atoms with E-state index in [4.69, 9.17) is 4.74 Å². The molecule has 2 aliphatic heterocycles. The summed E-state index contributed by atoms with van der Waals surface area (Å²) in [5, 5.41) is 3.85. The first kappa shape index (κ1) is 27.4. The minimum absolute atomic E-state index is 0. The highest BCUT2D eigenvalue weighted by Gasteiger charge is 2.59. The number of rotatable bonds is 2. The van der Waals surface area contributed by atoms with Gasteiger partial charge in [-0.1, -0.05) is 31.9 Å². The molecule has 2 N–H and O–H groups in total. The Morgan fingerprint density at radius 3 is 2.61 bits per heavy atom. The third kappa shape index (κ3) is 4.43. The molecule has 0 radical (unpaired) electrons. The number of ether oxygens (including phenoxy) is 1. The monoisotopic (exact) mass is 540 g/mol. The maximum atomic E-state index is 11.9. The fraction of sp³-hybridized carbons (Fsp3) is 0.931. The van der Waals surface area contributed by atoms with Gasteiger partial charge in [-0.25, -0.2) is 13.1 Å². The molecule has 0 aromatic carbocycles. The van der Waals surface area contributed by atoms with Gasteiger partial charge < -0.3 is 10.1 Å². The Hall–Kier alpha value is -0.140. The van der Waals surface area contributed by atoms with Crippen molar-refractivity contribution in [1.82, 2.24) is 10.0 Å². The van der Waals surface area contributed by atoms with Crippen molar-refractivity contribution in [1.29, 1.82) is 0 Å². The van der Waals surface area contributed by atoms with Crippen LogP contribution in [0.3, 0.4) is 0 Å². The highest BCUT2D eigenvalue weighted by atomic mass is 35.5. The molecule has 3 saturated carbocycles. The van der Waals surface area contributed by atoms with Crippen LogP contribution in [0.2, 0.25) is 0 Å². The highest BCUT2D eigenvalue weighted by Crippen LogP contribution is 2.65. The smallest absolute Gasteiger partial charge is 0.208 e. The molecule has 2 saturated heterocycles. The molecule has 1 spiro atoms. The summed E-state index contributed by atoms with van der Waals surface area (Å²) in [6.07, 6.45) is 13.6. The number of piperidine rings is 1. The van der Waals surface area contributed by atoms with Gasteiger partial charge in [-0.05, 0) is 113 Å². The summed E-state index contributed by atoms with van der Waals surface area (Å²) in [4.78, 5) is 0. The van der Waals surface area contributed by atoms with E-state index in [-0.39, 0.29) is 24.0 Å². The molecule has 0 aromatic rings. The van der Waals surface area contributed by atoms with Crippen LogP contribution >= 0.6 is 12.4 Å². The van der Waals surface area contributed by atoms with Crippen molar-refractivity contribution < 1.29 is 13.2 Å². The topological polar surface area (TPSA) is 67.4 Å². The van der Waals surface area contributed by atoms with Crippen LogP contribution in [0, 0.1) is 40.9 Å². The summed E-state index contributed by atoms with van der Waals surface area (Å²) >= 11 is 0. The van der Waals surface area contributed by atoms with Gasteiger partial charge in [0.25, 0.3) is 0 Å². The number of hydrogen-bond donors (Lipinski definition) is 2. The Morgan fingerprint density at radius 2 is 1.86 bits per heavy atom. The average Bonchev–Trinajstić information content (AvgIpc) is 3.23. The number of sulfonamides is 1. The lowest BCUT2D eigenvalue weighted by molar-refractivity contribution is -0.0746. The van der Waals surface area contributed by atoms with Crippen LogP contribution in [-0.2, 0) is 14.8 Å². The summed E-state index contributed by atoms with van der Waals surface area (Å²) < 4.78 is 33.7. The Balaban J connectivity index is 0.00000267. The number of allylic oxidation sites excluding steroid dienone is 1. The number of nitrogens with one attached hydrogen (secondary N) is 2. The summed E-state index contributed by atoms with van der Waals surface area (Å²) in [5.41, 5.74) is 3.83. The first-order valence-electron chi connectivity index (χ1n) is 14.6. The van der Waals surface area contributed by atoms with Gasteiger partial charge in [0.1, 0.15) is 0 Å². The average molecular weight is 541 g/mol. The van der Waals surface area contributed by atoms with Crippen molar-refractivity contribution in [2.75, 3.05) is 12.8 Å². The summed E-state index contributed by atoms with van der Waals surface area (Å²) in [5.74, 6) is 4.28. The zero-order valence-corrected chi connectivity index (χ0v) is 24.6. The standard InChI is InChI=1S/C29H48N2O3S.ClH/c1-17-12-26-27(30-16-17)19(3)29(34-26)11-9-22-23-7-6-20-13-21(31-35(5,32)33)8-10-28(20,4)25(23)14-24(22)18(2)15-29;/h17,19-23,25-27,30-31H,6-16H2,1-5H3;1H/t17-,19-,20-,21?,22-,23+,25-,26-,27-,28+,29+;/m1./s1. The van der Waals surface area contributed by atoms with Gasteiger partial charge >= 0.3 is 0 Å². The van der Waals surface area contributed by atoms with Gasteiger partial charge in [-0.3, -0.25) is 0 Å². The quantitative estimate of drug-likeness (QED) is 0.457. The van der Waals surface area contributed by atoms with Crippen LogP contribution in [0.5, 0.6) is 0 Å². The fourth-order valence-electron chi connectivity index (χ4n) is 10.2. The molecule has 206 valence electrons. The van der Waals surface area contributed by atoms with Gasteiger partial charge in [-0.15, -0.1) is 12.4 Å². The molecule has 2 heterocycles. The number of hydrogen-bond acceptors (Lipinski definition) is 4. The van der Waals surface area contributed by atoms with Crippen LogP contribution in [0.1, 0.15) is 91.9 Å². The van der Waals surface area contributed by atoms with Crippen LogP contribution in [0.25, 0.3) is 0 Å². The lowest BCUT2D eigenvalue weighted by Crippen LogP contribution is -2.50. The van der Waals surface area contributed by atoms with Crippen molar-refractivity contribution in [3.63, 3.8) is 0 Å². The third-order valence-corrected chi connectivity index (χ3v) is 12.8. The normalized spacial score (nSPS) is 50.5. The minimum atomic E-state index is -3.13. The molecule has 7 heteroatoms. The second-order valence-electron chi connectivity index (χ2n) is 14.0. The summed E-state index contributed by atoms with van der Waals surface area (Å²) in [7, 11) is -3.13. The van der Waals surface area contributed by atoms with E-state index in [2.05, 4.69) is 37.7 Å². The Kier molecular flexibility index (Phi) is 7.24. The predicted octanol–water partition coefficient (Wildman–Crippen LogP) is 5.45. The van der Waals surface area contributed by atoms with Crippen molar-refractivity contribution in [2.45, 2.75) is 116 Å². The van der Waals surface area contributed by atoms with Gasteiger partial charge in [-0.2, -0.15) is 0 Å². The van der Waals surface area contributed by atoms with E-state index in [1.165, 1.54) is 51.2 Å². The molecular formula is C29H49ClN2O3S. The molecule has 5 fully saturated rings. The molecule has 6 rings (SSSR count). The third-order valence-electron chi connectivity index (χ3n) is 12.0. The lowest BCUT2D eigenvalue weighted by Gasteiger charge is -2.54. The van der Waals surface area contributed by atoms with Crippen LogP contribution in [0.4, 0.5) is 0 Å². The Bertz CT molecular complexity index is 1000. The second kappa shape index (κ2) is 9.50. The summed E-state index contributed by atoms with van der Waals surface area (Å²) in [6, 6.07) is 0.660. The lowest BCUT2D eigenvalue weighted by atomic mass is 9.52. The van der Waals surface area contributed by atoms with E-state index >= 15 is 0 Å². The molecule has 0 bridgehead atoms. The molecule has 6 aliphatic rings. The van der Waals surface area contributed by atoms with E-state index in [1.807, 2.05) is 0 Å². The van der Waals surface area contributed by atoms with Crippen molar-refractivity contribution in [2.24, 2.45) is 40.9 Å². The van der Waals surface area contributed by atoms with Crippen molar-refractivity contribution >= 4 is 22.4 Å². The van der Waals surface area contributed by atoms with E-state index in [9.17, 15) is 8.42 Å². The van der Waals surface area contributed by atoms with Crippen molar-refractivity contribution in [3.8, 4) is 0 Å². The first-order valence-corrected chi connectivity index (χ1v) is 16.5. The molecule has 4 aliphatic carbocycles. The zero-order chi connectivity index (χ0) is 24.8. The largest absolute Gasteiger partial charge is 0.369 e. The highest BCUT2D eigenvalue weighted by molar-refractivity contribution is 7.88. The zero-order valence-electron chi connectivity index (χ0n) is 23.0. The molecule has 36 heavy (non-hydrogen) atoms. The molecule has 1 unspecified atom stereocenters. The molecule has 11 atom stereocenters. The molecule has 5 nitrogen and oxygen atoms in total. The first-order chi connectivity index (χ1) is 16.5. The Labute approximate surface area is 225 Å². The SMILES string of the molecule is CC1=C2C[C@@H]3[C@@H](CC[C@@H]4CC(NS(C)(=O)=O)CC[C@@]43C)[C@H]2CC[C@@]2(C1)O[C@@H]1C[C@@H](C)CN[C@@H]1[C@H]2C.Cl. The van der Waals surface area contributed by atoms with Crippen molar-refractivity contribution in [3.05, 3.63) is 11.1 Å². The molecule has 0 aromatic heterocycles. The number of halogens is 1. The van der Waals surface area contributed by atoms with E-state index in [1.54, 1.807) is 11.1 Å². The molecule has 0 amide bonds. The van der Waals surface area contributed by atoms with Gasteiger partial charge in [0, 0.05) is 18.0 Å². The Morgan fingerprint density at radius 1 is 1.08 bits per heavy atom. The minimum Gasteiger partial charge on any atom is -0.369 e. The van der Waals surface area contributed by atoms with Gasteiger partial charge in [0.05, 0.1) is 18.0 Å². The summed E-state index contributed by atoms with van der Waals surface area (Å²) in [6.45, 7) is 11.0. The van der Waals surface area contributed by atoms with Crippen LogP contribution < -0.4 is 10.0 Å². The van der Waals surface area contributed by atoms with E-state index < -0.39 is 10.0 Å². The second-order valence-corrected chi connectivity index (χ2v) is 15.8. The van der Waals surface area contributed by atoms with E-state index in [0.717, 1.165) is 43.6 Å². The predicted molar refractivity (Wildman–Crippen MR) is 148 cm³/mol.